The average molecular weight is 487 g/mol. The Balaban J connectivity index is 1.75. The molecule has 2 aromatic rings. The predicted octanol–water partition coefficient (Wildman–Crippen LogP) is 3.03. The number of fused-ring (bicyclic) bond motifs is 2. The number of hydrogen-bond donors (Lipinski definition) is 1. The van der Waals surface area contributed by atoms with Crippen LogP contribution < -0.4 is 5.76 Å². The van der Waals surface area contributed by atoms with Gasteiger partial charge in [0.15, 0.2) is 13.9 Å². The topological polar surface area (TPSA) is 128 Å². The van der Waals surface area contributed by atoms with Crippen LogP contribution in [-0.4, -0.2) is 59.6 Å². The number of carboxylic acid groups (broad SMARTS) is 1. The van der Waals surface area contributed by atoms with E-state index in [9.17, 15) is 24.3 Å². The van der Waals surface area contributed by atoms with E-state index in [0.29, 0.717) is 22.1 Å². The first kappa shape index (κ1) is 23.7. The maximum atomic E-state index is 13.1. The largest absolute Gasteiger partial charge is 0.464 e. The molecule has 3 atom stereocenters. The number of aromatic nitrogens is 1. The van der Waals surface area contributed by atoms with Crippen molar-refractivity contribution in [2.24, 2.45) is 5.92 Å². The van der Waals surface area contributed by atoms with Crippen molar-refractivity contribution in [3.63, 3.8) is 0 Å². The fourth-order valence-electron chi connectivity index (χ4n) is 4.72. The minimum Gasteiger partial charge on any atom is -0.464 e. The summed E-state index contributed by atoms with van der Waals surface area (Å²) >= 11 is 0. The zero-order chi connectivity index (χ0) is 24.9. The molecule has 0 saturated carbocycles. The SMILES string of the molecule is C=CCOC(=O)C1=C(c2ccc3c(c2)oc(=O)n3C(=O)O)C[C@@H]2[C@@H]([C@@H](C)O[Si](C)(C)C)C(=O)N12. The van der Waals surface area contributed by atoms with E-state index in [1.807, 2.05) is 26.6 Å². The van der Waals surface area contributed by atoms with Crippen molar-refractivity contribution < 1.29 is 33.1 Å². The lowest BCUT2D eigenvalue weighted by atomic mass is 9.82. The van der Waals surface area contributed by atoms with Gasteiger partial charge in [-0.25, -0.2) is 14.4 Å². The van der Waals surface area contributed by atoms with Gasteiger partial charge in [-0.3, -0.25) is 4.79 Å². The number of carbonyl (C=O) groups excluding carboxylic acids is 2. The predicted molar refractivity (Wildman–Crippen MR) is 125 cm³/mol. The summed E-state index contributed by atoms with van der Waals surface area (Å²) in [4.78, 5) is 50.9. The van der Waals surface area contributed by atoms with Crippen molar-refractivity contribution >= 4 is 43.0 Å². The number of hydrogen-bond acceptors (Lipinski definition) is 7. The lowest BCUT2D eigenvalue weighted by Gasteiger charge is -2.47. The lowest BCUT2D eigenvalue weighted by Crippen LogP contribution is -2.63. The summed E-state index contributed by atoms with van der Waals surface area (Å²) in [5.74, 6) is -2.29. The van der Waals surface area contributed by atoms with E-state index in [0.717, 1.165) is 0 Å². The minimum absolute atomic E-state index is 0.0176. The van der Waals surface area contributed by atoms with Crippen molar-refractivity contribution in [1.29, 1.82) is 0 Å². The van der Waals surface area contributed by atoms with Crippen LogP contribution in [0.3, 0.4) is 0 Å². The first-order chi connectivity index (χ1) is 15.9. The molecule has 1 aromatic carbocycles. The molecular weight excluding hydrogens is 460 g/mol. The van der Waals surface area contributed by atoms with Crippen molar-refractivity contribution in [3.8, 4) is 0 Å². The molecule has 1 fully saturated rings. The zero-order valence-electron chi connectivity index (χ0n) is 19.4. The number of oxazole rings is 1. The van der Waals surface area contributed by atoms with Gasteiger partial charge in [0.25, 0.3) is 0 Å². The highest BCUT2D eigenvalue weighted by Gasteiger charge is 2.57. The monoisotopic (exact) mass is 486 g/mol. The van der Waals surface area contributed by atoms with E-state index in [4.69, 9.17) is 13.6 Å². The molecule has 1 amide bonds. The molecule has 1 saturated heterocycles. The highest BCUT2D eigenvalue weighted by molar-refractivity contribution is 6.69. The maximum absolute atomic E-state index is 13.1. The first-order valence-corrected chi connectivity index (χ1v) is 14.3. The van der Waals surface area contributed by atoms with Gasteiger partial charge in [0.2, 0.25) is 5.91 Å². The number of benzene rings is 1. The van der Waals surface area contributed by atoms with Gasteiger partial charge in [-0.05, 0) is 56.3 Å². The number of esters is 1. The Bertz CT molecular complexity index is 1300. The van der Waals surface area contributed by atoms with Crippen LogP contribution in [0.4, 0.5) is 4.79 Å². The molecular formula is C23H26N2O8Si. The normalized spacial score (nSPS) is 20.8. The second-order valence-electron chi connectivity index (χ2n) is 9.32. The molecule has 2 aliphatic heterocycles. The highest BCUT2D eigenvalue weighted by atomic mass is 28.4. The number of amides is 1. The van der Waals surface area contributed by atoms with Gasteiger partial charge in [-0.2, -0.15) is 4.57 Å². The van der Waals surface area contributed by atoms with Crippen molar-refractivity contribution in [3.05, 3.63) is 52.7 Å². The number of β-lactam (4-membered cyclic amide) rings is 1. The third-order valence-corrected chi connectivity index (χ3v) is 6.98. The van der Waals surface area contributed by atoms with Gasteiger partial charge >= 0.3 is 17.8 Å². The molecule has 0 spiro atoms. The van der Waals surface area contributed by atoms with Crippen LogP contribution in [-0.2, 0) is 18.8 Å². The van der Waals surface area contributed by atoms with Gasteiger partial charge in [0, 0.05) is 0 Å². The summed E-state index contributed by atoms with van der Waals surface area (Å²) in [6.07, 6.45) is 0.0448. The van der Waals surface area contributed by atoms with Crippen LogP contribution in [0.25, 0.3) is 16.7 Å². The molecule has 1 N–H and O–H groups in total. The summed E-state index contributed by atoms with van der Waals surface area (Å²) in [5.41, 5.74) is 1.37. The highest BCUT2D eigenvalue weighted by Crippen LogP contribution is 2.48. The quantitative estimate of drug-likeness (QED) is 0.274. The van der Waals surface area contributed by atoms with Gasteiger partial charge in [-0.1, -0.05) is 18.7 Å². The van der Waals surface area contributed by atoms with Crippen molar-refractivity contribution in [2.75, 3.05) is 6.61 Å². The standard InChI is InChI=1S/C23H26N2O8Si/c1-6-9-31-21(27)19-14(11-16-18(20(26)24(16)19)12(2)33-34(3,4)5)13-7-8-15-17(10-13)32-23(30)25(15)22(28)29/h6-8,10,12,16,18H,1,9,11H2,2-5H3,(H,28,29)/t12-,16-,18-/m1/s1. The fraction of sp³-hybridized carbons (Fsp3) is 0.391. The molecule has 180 valence electrons. The number of ether oxygens (including phenoxy) is 1. The van der Waals surface area contributed by atoms with Crippen LogP contribution in [0.1, 0.15) is 18.9 Å². The van der Waals surface area contributed by atoms with Gasteiger partial charge in [0.1, 0.15) is 17.8 Å². The second-order valence-corrected chi connectivity index (χ2v) is 13.8. The summed E-state index contributed by atoms with van der Waals surface area (Å²) < 4.78 is 17.0. The Morgan fingerprint density at radius 3 is 2.65 bits per heavy atom. The molecule has 0 radical (unpaired) electrons. The third kappa shape index (κ3) is 3.90. The number of nitrogens with zero attached hydrogens (tertiary/aromatic N) is 2. The van der Waals surface area contributed by atoms with Gasteiger partial charge in [-0.15, -0.1) is 0 Å². The molecule has 4 rings (SSSR count). The van der Waals surface area contributed by atoms with E-state index in [1.165, 1.54) is 23.1 Å². The van der Waals surface area contributed by atoms with E-state index >= 15 is 0 Å². The Kier molecular flexibility index (Phi) is 5.86. The van der Waals surface area contributed by atoms with Crippen LogP contribution in [0.5, 0.6) is 0 Å². The molecule has 0 bridgehead atoms. The summed E-state index contributed by atoms with van der Waals surface area (Å²) in [6, 6.07) is 4.26. The third-order valence-electron chi connectivity index (χ3n) is 5.90. The Morgan fingerprint density at radius 1 is 1.32 bits per heavy atom. The molecule has 1 aromatic heterocycles. The van der Waals surface area contributed by atoms with Crippen molar-refractivity contribution in [2.45, 2.75) is 45.1 Å². The summed E-state index contributed by atoms with van der Waals surface area (Å²) in [5, 5.41) is 9.27. The fourth-order valence-corrected chi connectivity index (χ4v) is 5.99. The summed E-state index contributed by atoms with van der Waals surface area (Å²) in [6.45, 7) is 11.6. The molecule has 0 unspecified atom stereocenters. The Morgan fingerprint density at radius 2 is 2.03 bits per heavy atom. The van der Waals surface area contributed by atoms with E-state index in [2.05, 4.69) is 6.58 Å². The first-order valence-electron chi connectivity index (χ1n) is 10.9. The number of carbonyl (C=O) groups is 3. The second kappa shape index (κ2) is 8.40. The zero-order valence-corrected chi connectivity index (χ0v) is 20.4. The molecule has 0 aliphatic carbocycles. The Hall–Kier alpha value is -3.44. The van der Waals surface area contributed by atoms with Crippen LogP contribution >= 0.6 is 0 Å². The maximum Gasteiger partial charge on any atom is 0.429 e. The van der Waals surface area contributed by atoms with E-state index < -0.39 is 32.1 Å². The van der Waals surface area contributed by atoms with Crippen LogP contribution in [0, 0.1) is 5.92 Å². The van der Waals surface area contributed by atoms with Crippen LogP contribution in [0.15, 0.2) is 45.8 Å². The van der Waals surface area contributed by atoms with Gasteiger partial charge in [0.05, 0.1) is 18.1 Å². The lowest BCUT2D eigenvalue weighted by molar-refractivity contribution is -0.161. The smallest absolute Gasteiger partial charge is 0.429 e. The molecule has 11 heteroatoms. The van der Waals surface area contributed by atoms with Gasteiger partial charge < -0.3 is 23.6 Å². The molecule has 10 nitrogen and oxygen atoms in total. The minimum atomic E-state index is -1.90. The summed E-state index contributed by atoms with van der Waals surface area (Å²) in [7, 11) is -1.90. The Labute approximate surface area is 196 Å². The van der Waals surface area contributed by atoms with E-state index in [-0.39, 0.29) is 41.5 Å². The van der Waals surface area contributed by atoms with Crippen LogP contribution in [0.2, 0.25) is 19.6 Å². The average Bonchev–Trinajstić information content (AvgIpc) is 3.24. The van der Waals surface area contributed by atoms with Crippen molar-refractivity contribution in [1.82, 2.24) is 9.47 Å². The number of rotatable bonds is 7. The molecule has 34 heavy (non-hydrogen) atoms. The molecule has 3 heterocycles. The van der Waals surface area contributed by atoms with E-state index in [1.54, 1.807) is 6.07 Å². The molecule has 2 aliphatic rings.